The summed E-state index contributed by atoms with van der Waals surface area (Å²) in [5.74, 6) is 0. The Balaban J connectivity index is 2.16. The Labute approximate surface area is 109 Å². The molecule has 0 atom stereocenters. The van der Waals surface area contributed by atoms with E-state index in [1.807, 2.05) is 6.07 Å². The standard InChI is InChI=1S/C12H14ClN2OS/c1-9-11(4-5-16)17-8-15(9)7-10-2-3-12(13)14-6-10/h2-3,6,8,16H,4-5,7H2,1H3/q+1. The van der Waals surface area contributed by atoms with Gasteiger partial charge in [-0.1, -0.05) is 22.9 Å². The Bertz CT molecular complexity index is 496. The average Bonchev–Trinajstić information content (AvgIpc) is 2.65. The molecule has 2 rings (SSSR count). The number of aliphatic hydroxyl groups is 1. The number of hydrogen-bond acceptors (Lipinski definition) is 3. The van der Waals surface area contributed by atoms with E-state index in [0.717, 1.165) is 18.5 Å². The normalized spacial score (nSPS) is 10.8. The number of nitrogens with zero attached hydrogens (tertiary/aromatic N) is 2. The lowest BCUT2D eigenvalue weighted by Crippen LogP contribution is -2.35. The zero-order chi connectivity index (χ0) is 12.3. The third kappa shape index (κ3) is 3.03. The van der Waals surface area contributed by atoms with Crippen LogP contribution in [0.5, 0.6) is 0 Å². The number of thiazole rings is 1. The van der Waals surface area contributed by atoms with Gasteiger partial charge in [-0.15, -0.1) is 0 Å². The van der Waals surface area contributed by atoms with Crippen LogP contribution in [0.4, 0.5) is 0 Å². The highest BCUT2D eigenvalue weighted by Crippen LogP contribution is 2.12. The molecule has 0 aliphatic carbocycles. The fraction of sp³-hybridized carbons (Fsp3) is 0.333. The highest BCUT2D eigenvalue weighted by atomic mass is 35.5. The Hall–Kier alpha value is -0.970. The van der Waals surface area contributed by atoms with Crippen LogP contribution in [0.25, 0.3) is 0 Å². The molecule has 0 radical (unpaired) electrons. The monoisotopic (exact) mass is 269 g/mol. The number of pyridine rings is 1. The topological polar surface area (TPSA) is 37.0 Å². The molecule has 2 aromatic heterocycles. The van der Waals surface area contributed by atoms with Crippen molar-refractivity contribution in [1.82, 2.24) is 4.98 Å². The molecular formula is C12H14ClN2OS+. The van der Waals surface area contributed by atoms with Gasteiger partial charge in [0.1, 0.15) is 5.15 Å². The predicted octanol–water partition coefficient (Wildman–Crippen LogP) is 1.98. The molecule has 1 N–H and O–H groups in total. The summed E-state index contributed by atoms with van der Waals surface area (Å²) in [6.07, 6.45) is 2.51. The molecule has 0 amide bonds. The lowest BCUT2D eigenvalue weighted by Gasteiger charge is -1.97. The van der Waals surface area contributed by atoms with Gasteiger partial charge < -0.3 is 5.11 Å². The first-order chi connectivity index (χ1) is 8.20. The van der Waals surface area contributed by atoms with Gasteiger partial charge in [-0.25, -0.2) is 4.98 Å². The number of halogens is 1. The van der Waals surface area contributed by atoms with E-state index < -0.39 is 0 Å². The van der Waals surface area contributed by atoms with Crippen molar-refractivity contribution in [3.8, 4) is 0 Å². The first kappa shape index (κ1) is 12.5. The lowest BCUT2D eigenvalue weighted by atomic mass is 10.2. The molecule has 0 aliphatic heterocycles. The fourth-order valence-corrected chi connectivity index (χ4v) is 2.74. The van der Waals surface area contributed by atoms with Crippen molar-refractivity contribution in [3.05, 3.63) is 45.1 Å². The smallest absolute Gasteiger partial charge is 0.225 e. The van der Waals surface area contributed by atoms with Crippen molar-refractivity contribution in [2.75, 3.05) is 6.61 Å². The van der Waals surface area contributed by atoms with Gasteiger partial charge in [0.2, 0.25) is 5.51 Å². The van der Waals surface area contributed by atoms with E-state index in [9.17, 15) is 0 Å². The second kappa shape index (κ2) is 5.58. The minimum Gasteiger partial charge on any atom is -0.396 e. The number of aromatic nitrogens is 2. The summed E-state index contributed by atoms with van der Waals surface area (Å²) in [5, 5.41) is 9.46. The van der Waals surface area contributed by atoms with Crippen LogP contribution >= 0.6 is 22.9 Å². The van der Waals surface area contributed by atoms with Gasteiger partial charge in [0, 0.05) is 31.7 Å². The van der Waals surface area contributed by atoms with Crippen LogP contribution in [0.1, 0.15) is 16.1 Å². The zero-order valence-corrected chi connectivity index (χ0v) is 11.1. The van der Waals surface area contributed by atoms with Crippen LogP contribution in [0.2, 0.25) is 5.15 Å². The number of rotatable bonds is 4. The van der Waals surface area contributed by atoms with Crippen LogP contribution in [0, 0.1) is 6.92 Å². The molecule has 5 heteroatoms. The molecule has 3 nitrogen and oxygen atoms in total. The second-order valence-corrected chi connectivity index (χ2v) is 5.15. The Morgan fingerprint density at radius 3 is 2.94 bits per heavy atom. The van der Waals surface area contributed by atoms with Gasteiger partial charge in [0.15, 0.2) is 12.2 Å². The first-order valence-electron chi connectivity index (χ1n) is 5.38. The maximum absolute atomic E-state index is 8.95. The van der Waals surface area contributed by atoms with Gasteiger partial charge in [-0.05, 0) is 12.1 Å². The largest absolute Gasteiger partial charge is 0.396 e. The maximum Gasteiger partial charge on any atom is 0.225 e. The highest BCUT2D eigenvalue weighted by molar-refractivity contribution is 7.09. The minimum atomic E-state index is 0.198. The minimum absolute atomic E-state index is 0.198. The average molecular weight is 270 g/mol. The highest BCUT2D eigenvalue weighted by Gasteiger charge is 2.15. The van der Waals surface area contributed by atoms with E-state index in [1.54, 1.807) is 23.6 Å². The van der Waals surface area contributed by atoms with Gasteiger partial charge in [0.25, 0.3) is 0 Å². The molecule has 0 spiro atoms. The SMILES string of the molecule is Cc1c(CCO)sc[n+]1Cc1ccc(Cl)nc1. The maximum atomic E-state index is 8.95. The Morgan fingerprint density at radius 2 is 2.29 bits per heavy atom. The van der Waals surface area contributed by atoms with Gasteiger partial charge in [-0.3, -0.25) is 0 Å². The van der Waals surface area contributed by atoms with Crippen molar-refractivity contribution in [1.29, 1.82) is 0 Å². The molecule has 0 aliphatic rings. The van der Waals surface area contributed by atoms with E-state index in [4.69, 9.17) is 16.7 Å². The molecule has 2 heterocycles. The van der Waals surface area contributed by atoms with Crippen molar-refractivity contribution in [2.45, 2.75) is 19.9 Å². The molecule has 0 unspecified atom stereocenters. The molecule has 90 valence electrons. The van der Waals surface area contributed by atoms with Gasteiger partial charge in [-0.2, -0.15) is 4.57 Å². The molecule has 17 heavy (non-hydrogen) atoms. The van der Waals surface area contributed by atoms with E-state index in [2.05, 4.69) is 22.0 Å². The number of hydrogen-bond donors (Lipinski definition) is 1. The number of aliphatic hydroxyl groups excluding tert-OH is 1. The summed E-state index contributed by atoms with van der Waals surface area (Å²) in [4.78, 5) is 5.29. The van der Waals surface area contributed by atoms with Crippen LogP contribution in [-0.2, 0) is 13.0 Å². The lowest BCUT2D eigenvalue weighted by molar-refractivity contribution is -0.689. The second-order valence-electron chi connectivity index (χ2n) is 3.82. The summed E-state index contributed by atoms with van der Waals surface area (Å²) in [6, 6.07) is 3.78. The van der Waals surface area contributed by atoms with Crippen molar-refractivity contribution in [2.24, 2.45) is 0 Å². The zero-order valence-electron chi connectivity index (χ0n) is 9.56. The summed E-state index contributed by atoms with van der Waals surface area (Å²) in [6.45, 7) is 3.06. The summed E-state index contributed by atoms with van der Waals surface area (Å²) in [5.41, 5.74) is 4.41. The van der Waals surface area contributed by atoms with Crippen LogP contribution in [-0.4, -0.2) is 16.7 Å². The summed E-state index contributed by atoms with van der Waals surface area (Å²) >= 11 is 7.43. The van der Waals surface area contributed by atoms with E-state index in [-0.39, 0.29) is 6.61 Å². The molecule has 0 fully saturated rings. The first-order valence-corrected chi connectivity index (χ1v) is 6.64. The van der Waals surface area contributed by atoms with Crippen molar-refractivity contribution < 1.29 is 9.67 Å². The van der Waals surface area contributed by atoms with E-state index >= 15 is 0 Å². The molecular weight excluding hydrogens is 256 g/mol. The Morgan fingerprint density at radius 1 is 1.47 bits per heavy atom. The molecule has 0 saturated heterocycles. The summed E-state index contributed by atoms with van der Waals surface area (Å²) < 4.78 is 2.17. The van der Waals surface area contributed by atoms with Crippen LogP contribution in [0.15, 0.2) is 23.8 Å². The molecule has 0 aromatic carbocycles. The van der Waals surface area contributed by atoms with Gasteiger partial charge in [0.05, 0.1) is 4.88 Å². The molecule has 2 aromatic rings. The van der Waals surface area contributed by atoms with Gasteiger partial charge >= 0.3 is 0 Å². The van der Waals surface area contributed by atoms with E-state index in [1.165, 1.54) is 10.6 Å². The van der Waals surface area contributed by atoms with Crippen molar-refractivity contribution >= 4 is 22.9 Å². The van der Waals surface area contributed by atoms with Crippen LogP contribution in [0.3, 0.4) is 0 Å². The Kier molecular flexibility index (Phi) is 4.10. The predicted molar refractivity (Wildman–Crippen MR) is 68.4 cm³/mol. The van der Waals surface area contributed by atoms with Crippen molar-refractivity contribution in [3.63, 3.8) is 0 Å². The molecule has 0 bridgehead atoms. The third-order valence-corrected chi connectivity index (χ3v) is 4.00. The van der Waals surface area contributed by atoms with E-state index in [0.29, 0.717) is 5.15 Å². The third-order valence-electron chi connectivity index (χ3n) is 2.64. The molecule has 0 saturated carbocycles. The summed E-state index contributed by atoms with van der Waals surface area (Å²) in [7, 11) is 0. The van der Waals surface area contributed by atoms with Crippen LogP contribution < -0.4 is 4.57 Å². The fourth-order valence-electron chi connectivity index (χ4n) is 1.65. The quantitative estimate of drug-likeness (QED) is 0.681.